The van der Waals surface area contributed by atoms with Crippen LogP contribution < -0.4 is 15.2 Å². The molecule has 4 N–H and O–H groups in total. The fourth-order valence-electron chi connectivity index (χ4n) is 5.69. The van der Waals surface area contributed by atoms with Crippen LogP contribution in [0.3, 0.4) is 0 Å². The van der Waals surface area contributed by atoms with E-state index >= 15 is 0 Å². The van der Waals surface area contributed by atoms with E-state index in [9.17, 15) is 9.90 Å². The van der Waals surface area contributed by atoms with Gasteiger partial charge < -0.3 is 34.9 Å². The Morgan fingerprint density at radius 1 is 0.930 bits per heavy atom. The smallest absolute Gasteiger partial charge is 0.248 e. The van der Waals surface area contributed by atoms with E-state index in [2.05, 4.69) is 28.3 Å². The van der Waals surface area contributed by atoms with E-state index in [-0.39, 0.29) is 19.1 Å². The monoisotopic (exact) mass is 585 g/mol. The van der Waals surface area contributed by atoms with E-state index in [0.717, 1.165) is 90.0 Å². The largest absolute Gasteiger partial charge is 0.496 e. The number of ether oxygens (including phenoxy) is 2. The van der Waals surface area contributed by atoms with Crippen LogP contribution in [0.4, 0.5) is 0 Å². The van der Waals surface area contributed by atoms with Crippen LogP contribution >= 0.6 is 0 Å². The van der Waals surface area contributed by atoms with Gasteiger partial charge >= 0.3 is 0 Å². The molecule has 2 heterocycles. The van der Waals surface area contributed by atoms with Crippen molar-refractivity contribution in [1.82, 2.24) is 9.47 Å². The average molecular weight is 586 g/mol. The van der Waals surface area contributed by atoms with E-state index in [4.69, 9.17) is 20.3 Å². The van der Waals surface area contributed by atoms with Gasteiger partial charge in [0.25, 0.3) is 0 Å². The van der Waals surface area contributed by atoms with Gasteiger partial charge in [-0.3, -0.25) is 4.79 Å². The second kappa shape index (κ2) is 15.4. The molecule has 1 aromatic heterocycles. The van der Waals surface area contributed by atoms with Crippen LogP contribution in [0.15, 0.2) is 79.5 Å². The summed E-state index contributed by atoms with van der Waals surface area (Å²) < 4.78 is 12.9. The number of nitrogens with two attached hydrogens (primary N) is 1. The molecule has 0 spiro atoms. The molecule has 43 heavy (non-hydrogen) atoms. The number of piperidine rings is 1. The van der Waals surface area contributed by atoms with Crippen molar-refractivity contribution in [2.45, 2.75) is 44.9 Å². The van der Waals surface area contributed by atoms with Crippen LogP contribution in [0.2, 0.25) is 0 Å². The van der Waals surface area contributed by atoms with E-state index in [1.807, 2.05) is 54.6 Å². The molecule has 0 unspecified atom stereocenters. The summed E-state index contributed by atoms with van der Waals surface area (Å²) >= 11 is 0. The molecule has 3 aromatic carbocycles. The summed E-state index contributed by atoms with van der Waals surface area (Å²) in [7, 11) is 3.33. The number of rotatable bonds is 11. The molecule has 1 aliphatic rings. The topological polar surface area (TPSA) is 110 Å². The highest BCUT2D eigenvalue weighted by molar-refractivity contribution is 5.97. The molecule has 228 valence electrons. The second-order valence-electron chi connectivity index (χ2n) is 10.8. The lowest BCUT2D eigenvalue weighted by atomic mass is 10.0. The predicted molar refractivity (Wildman–Crippen MR) is 171 cm³/mol. The zero-order valence-electron chi connectivity index (χ0n) is 25.2. The molecule has 4 aromatic rings. The lowest BCUT2D eigenvalue weighted by molar-refractivity contribution is 0.100. The number of aliphatic hydroxyl groups excluding tert-OH is 2. The summed E-state index contributed by atoms with van der Waals surface area (Å²) in [5.41, 5.74) is 11.1. The maximum atomic E-state index is 11.6. The highest BCUT2D eigenvalue weighted by Crippen LogP contribution is 2.29. The van der Waals surface area contributed by atoms with Crippen LogP contribution in [0.1, 0.15) is 51.5 Å². The molecule has 0 saturated carbocycles. The zero-order chi connectivity index (χ0) is 30.8. The van der Waals surface area contributed by atoms with Gasteiger partial charge in [-0.1, -0.05) is 24.3 Å². The Morgan fingerprint density at radius 3 is 2.14 bits per heavy atom. The van der Waals surface area contributed by atoms with Crippen LogP contribution in [0.25, 0.3) is 10.9 Å². The van der Waals surface area contributed by atoms with Gasteiger partial charge in [0.2, 0.25) is 5.91 Å². The third-order valence-electron chi connectivity index (χ3n) is 8.07. The quantitative estimate of drug-likeness (QED) is 0.213. The molecule has 1 fully saturated rings. The molecule has 0 radical (unpaired) electrons. The van der Waals surface area contributed by atoms with Gasteiger partial charge in [0.1, 0.15) is 11.5 Å². The van der Waals surface area contributed by atoms with Crippen LogP contribution in [0, 0.1) is 0 Å². The highest BCUT2D eigenvalue weighted by Gasteiger charge is 2.22. The number of amides is 1. The number of carbonyl (C=O) groups excluding carboxylic acids is 1. The number of aliphatic hydroxyl groups is 2. The summed E-state index contributed by atoms with van der Waals surface area (Å²) in [4.78, 5) is 14.0. The predicted octanol–water partition coefficient (Wildman–Crippen LogP) is 5.04. The van der Waals surface area contributed by atoms with Gasteiger partial charge in [-0.05, 0) is 95.8 Å². The fraction of sp³-hybridized carbons (Fsp3) is 0.343. The summed E-state index contributed by atoms with van der Waals surface area (Å²) in [5, 5.41) is 19.5. The van der Waals surface area contributed by atoms with Crippen LogP contribution in [0.5, 0.6) is 11.5 Å². The lowest BCUT2D eigenvalue weighted by Gasteiger charge is -2.33. The number of likely N-dealkylation sites (tertiary alicyclic amines) is 1. The van der Waals surface area contributed by atoms with Crippen molar-refractivity contribution in [2.75, 3.05) is 33.9 Å². The number of hydrogen-bond acceptors (Lipinski definition) is 6. The maximum Gasteiger partial charge on any atom is 0.248 e. The molecular weight excluding hydrogens is 542 g/mol. The fourth-order valence-corrected chi connectivity index (χ4v) is 5.69. The number of fused-ring (bicyclic) bond motifs is 1. The van der Waals surface area contributed by atoms with Crippen molar-refractivity contribution in [3.8, 4) is 11.5 Å². The third-order valence-corrected chi connectivity index (χ3v) is 8.07. The number of carbonyl (C=O) groups is 1. The first-order chi connectivity index (χ1) is 20.9. The Balaban J connectivity index is 0.000000273. The van der Waals surface area contributed by atoms with Gasteiger partial charge in [-0.25, -0.2) is 0 Å². The summed E-state index contributed by atoms with van der Waals surface area (Å²) in [5.74, 6) is 1.34. The molecule has 1 aliphatic heterocycles. The lowest BCUT2D eigenvalue weighted by Crippen LogP contribution is -2.35. The Bertz CT molecular complexity index is 1520. The first kappa shape index (κ1) is 31.8. The minimum Gasteiger partial charge on any atom is -0.496 e. The minimum absolute atomic E-state index is 0.0463. The van der Waals surface area contributed by atoms with Gasteiger partial charge in [0, 0.05) is 43.0 Å². The number of primary amides is 1. The number of benzene rings is 3. The van der Waals surface area contributed by atoms with E-state index < -0.39 is 0 Å². The van der Waals surface area contributed by atoms with E-state index in [1.165, 1.54) is 0 Å². The van der Waals surface area contributed by atoms with Crippen molar-refractivity contribution in [3.05, 3.63) is 107 Å². The average Bonchev–Trinajstić information content (AvgIpc) is 3.47. The van der Waals surface area contributed by atoms with Crippen molar-refractivity contribution in [2.24, 2.45) is 5.73 Å². The van der Waals surface area contributed by atoms with Gasteiger partial charge in [0.05, 0.1) is 27.4 Å². The van der Waals surface area contributed by atoms with Gasteiger partial charge in [0.15, 0.2) is 0 Å². The molecular formula is C35H43N3O5. The zero-order valence-corrected chi connectivity index (χ0v) is 25.2. The molecule has 8 nitrogen and oxygen atoms in total. The molecule has 1 saturated heterocycles. The molecule has 0 bridgehead atoms. The summed E-state index contributed by atoms with van der Waals surface area (Å²) in [6, 6.07) is 19.7. The molecule has 0 atom stereocenters. The van der Waals surface area contributed by atoms with E-state index in [0.29, 0.717) is 11.6 Å². The number of hydrogen-bond donors (Lipinski definition) is 3. The maximum absolute atomic E-state index is 11.6. The van der Waals surface area contributed by atoms with Gasteiger partial charge in [-0.2, -0.15) is 0 Å². The van der Waals surface area contributed by atoms with E-state index in [1.54, 1.807) is 20.3 Å². The van der Waals surface area contributed by atoms with Crippen molar-refractivity contribution in [3.63, 3.8) is 0 Å². The Labute approximate surface area is 254 Å². The number of aromatic nitrogens is 1. The molecule has 8 heteroatoms. The van der Waals surface area contributed by atoms with Gasteiger partial charge in [-0.15, -0.1) is 6.58 Å². The number of nitrogens with zero attached hydrogens (tertiary/aromatic N) is 2. The first-order valence-corrected chi connectivity index (χ1v) is 14.7. The van der Waals surface area contributed by atoms with Crippen molar-refractivity contribution < 1.29 is 24.5 Å². The first-order valence-electron chi connectivity index (χ1n) is 14.7. The summed E-state index contributed by atoms with van der Waals surface area (Å²) in [6.45, 7) is 6.81. The SMILES string of the molecule is C=CCc1cc(CO)ccc1OC.COc1ccc(CO)cc1CCN1CCC(n2ccc3ccc(C(N)=O)cc32)CC1. The van der Waals surface area contributed by atoms with Crippen molar-refractivity contribution >= 4 is 16.8 Å². The minimum atomic E-state index is -0.389. The molecule has 0 aliphatic carbocycles. The molecule has 1 amide bonds. The Kier molecular flexibility index (Phi) is 11.4. The highest BCUT2D eigenvalue weighted by atomic mass is 16.5. The second-order valence-corrected chi connectivity index (χ2v) is 10.8. The Hall–Kier alpha value is -4.11. The molecule has 5 rings (SSSR count). The van der Waals surface area contributed by atoms with Crippen molar-refractivity contribution in [1.29, 1.82) is 0 Å². The summed E-state index contributed by atoms with van der Waals surface area (Å²) in [6.07, 6.45) is 7.74. The standard InChI is InChI=1S/C24H29N3O3.C11H14O2/c1-30-23-5-2-17(16-28)14-19(23)6-10-26-11-8-21(9-12-26)27-13-7-18-3-4-20(24(25)29)15-22(18)27;1-3-4-10-7-9(8-12)5-6-11(10)13-2/h2-5,7,13-15,21,28H,6,8-12,16H2,1H3,(H2,25,29);3,5-7,12H,1,4,8H2,2H3. The van der Waals surface area contributed by atoms with Crippen LogP contribution in [-0.2, 0) is 26.1 Å². The van der Waals surface area contributed by atoms with Crippen LogP contribution in [-0.4, -0.2) is 59.4 Å². The Morgan fingerprint density at radius 2 is 1.56 bits per heavy atom. The normalized spacial score (nSPS) is 13.8. The number of allylic oxidation sites excluding steroid dienone is 1. The number of methoxy groups -OCH3 is 2. The third kappa shape index (κ3) is 8.04.